The van der Waals surface area contributed by atoms with Gasteiger partial charge in [0.25, 0.3) is 0 Å². The molecule has 5 nitrogen and oxygen atoms in total. The zero-order valence-corrected chi connectivity index (χ0v) is 15.5. The van der Waals surface area contributed by atoms with Crippen molar-refractivity contribution in [3.8, 4) is 11.5 Å². The Bertz CT molecular complexity index is 1060. The molecule has 28 heavy (non-hydrogen) atoms. The molecular weight excluding hydrogens is 356 g/mol. The van der Waals surface area contributed by atoms with E-state index in [9.17, 15) is 9.59 Å². The highest BCUT2D eigenvalue weighted by molar-refractivity contribution is 6.14. The molecule has 0 N–H and O–H groups in total. The van der Waals surface area contributed by atoms with Crippen LogP contribution >= 0.6 is 0 Å². The van der Waals surface area contributed by atoms with E-state index in [0.29, 0.717) is 17.2 Å². The van der Waals surface area contributed by atoms with Crippen molar-refractivity contribution in [3.63, 3.8) is 0 Å². The van der Waals surface area contributed by atoms with Gasteiger partial charge in [-0.25, -0.2) is 4.79 Å². The molecule has 0 atom stereocenters. The number of carbonyl (C=O) groups excluding carboxylic acids is 2. The van der Waals surface area contributed by atoms with Crippen LogP contribution in [0.1, 0.15) is 51.8 Å². The zero-order valence-electron chi connectivity index (χ0n) is 15.5. The molecule has 0 saturated heterocycles. The molecule has 5 heteroatoms. The zero-order chi connectivity index (χ0) is 19.7. The topological polar surface area (TPSA) is 65.7 Å². The second-order valence-corrected chi connectivity index (χ2v) is 6.79. The highest BCUT2D eigenvalue weighted by Crippen LogP contribution is 2.35. The summed E-state index contributed by atoms with van der Waals surface area (Å²) < 4.78 is 16.0. The Morgan fingerprint density at radius 1 is 1.07 bits per heavy atom. The lowest BCUT2D eigenvalue weighted by Gasteiger charge is -2.05. The Morgan fingerprint density at radius 2 is 1.86 bits per heavy atom. The number of ether oxygens (including phenoxy) is 2. The molecule has 0 spiro atoms. The van der Waals surface area contributed by atoms with Gasteiger partial charge in [0.1, 0.15) is 11.5 Å². The third-order valence-electron chi connectivity index (χ3n) is 4.48. The molecule has 0 bridgehead atoms. The number of carbonyl (C=O) groups is 2. The summed E-state index contributed by atoms with van der Waals surface area (Å²) in [6.07, 6.45) is 3.10. The van der Waals surface area contributed by atoms with Crippen LogP contribution in [0, 0.1) is 0 Å². The lowest BCUT2D eigenvalue weighted by Crippen LogP contribution is -2.07. The highest BCUT2D eigenvalue weighted by Gasteiger charge is 2.28. The molecular formula is C23H18O5. The summed E-state index contributed by atoms with van der Waals surface area (Å²) in [6.45, 7) is 4.26. The molecule has 2 aromatic carbocycles. The summed E-state index contributed by atoms with van der Waals surface area (Å²) in [7, 11) is 0. The third-order valence-corrected chi connectivity index (χ3v) is 4.48. The first kappa shape index (κ1) is 17.8. The van der Waals surface area contributed by atoms with Crippen molar-refractivity contribution >= 4 is 17.8 Å². The number of hydrogen-bond acceptors (Lipinski definition) is 5. The number of esters is 1. The number of furan rings is 1. The van der Waals surface area contributed by atoms with Gasteiger partial charge >= 0.3 is 5.97 Å². The van der Waals surface area contributed by atoms with E-state index in [-0.39, 0.29) is 23.1 Å². The summed E-state index contributed by atoms with van der Waals surface area (Å²) in [5.41, 5.74) is 2.54. The molecule has 1 aliphatic rings. The Labute approximate surface area is 162 Å². The Balaban J connectivity index is 1.53. The molecule has 0 aliphatic carbocycles. The summed E-state index contributed by atoms with van der Waals surface area (Å²) in [5.74, 6) is 0.597. The molecule has 4 rings (SSSR count). The molecule has 0 radical (unpaired) electrons. The first-order valence-corrected chi connectivity index (χ1v) is 8.95. The number of Topliss-reactive ketones (excluding diaryl/α,β-unsaturated/α-hetero) is 1. The standard InChI is InChI=1S/C23H18O5/c1-14(2)16-7-5-15(6-8-16)12-21-22(24)18-10-9-17(13-20(18)28-21)27-23(25)19-4-3-11-26-19/h3-14H,1-2H3/b21-12-. The van der Waals surface area contributed by atoms with Crippen molar-refractivity contribution in [2.75, 3.05) is 0 Å². The minimum Gasteiger partial charge on any atom is -0.457 e. The van der Waals surface area contributed by atoms with Crippen LogP contribution in [0.3, 0.4) is 0 Å². The van der Waals surface area contributed by atoms with E-state index in [0.717, 1.165) is 5.56 Å². The van der Waals surface area contributed by atoms with Crippen molar-refractivity contribution < 1.29 is 23.5 Å². The molecule has 0 fully saturated rings. The molecule has 140 valence electrons. The second kappa shape index (κ2) is 7.19. The second-order valence-electron chi connectivity index (χ2n) is 6.79. The summed E-state index contributed by atoms with van der Waals surface area (Å²) >= 11 is 0. The molecule has 0 amide bonds. The minimum atomic E-state index is -0.615. The van der Waals surface area contributed by atoms with Gasteiger partial charge in [-0.2, -0.15) is 0 Å². The molecule has 0 unspecified atom stereocenters. The maximum Gasteiger partial charge on any atom is 0.379 e. The first-order chi connectivity index (χ1) is 13.5. The average molecular weight is 374 g/mol. The van der Waals surface area contributed by atoms with Crippen molar-refractivity contribution in [3.05, 3.63) is 89.1 Å². The van der Waals surface area contributed by atoms with E-state index < -0.39 is 5.97 Å². The number of rotatable bonds is 4. The third kappa shape index (κ3) is 3.47. The average Bonchev–Trinajstić information content (AvgIpc) is 3.31. The van der Waals surface area contributed by atoms with Gasteiger partial charge in [-0.3, -0.25) is 4.79 Å². The minimum absolute atomic E-state index is 0.0999. The number of ketones is 1. The van der Waals surface area contributed by atoms with Gasteiger partial charge in [-0.15, -0.1) is 0 Å². The van der Waals surface area contributed by atoms with Gasteiger partial charge < -0.3 is 13.9 Å². The summed E-state index contributed by atoms with van der Waals surface area (Å²) in [4.78, 5) is 24.6. The van der Waals surface area contributed by atoms with Crippen LogP contribution in [0.5, 0.6) is 11.5 Å². The van der Waals surface area contributed by atoms with Crippen LogP contribution in [0.15, 0.2) is 71.0 Å². The van der Waals surface area contributed by atoms with Crippen LogP contribution in [0.4, 0.5) is 0 Å². The normalized spacial score (nSPS) is 14.2. The molecule has 1 aromatic heterocycles. The van der Waals surface area contributed by atoms with E-state index in [1.165, 1.54) is 24.0 Å². The molecule has 1 aliphatic heterocycles. The van der Waals surface area contributed by atoms with Crippen LogP contribution < -0.4 is 9.47 Å². The van der Waals surface area contributed by atoms with Gasteiger partial charge in [0.15, 0.2) is 5.76 Å². The Morgan fingerprint density at radius 3 is 2.54 bits per heavy atom. The lowest BCUT2D eigenvalue weighted by atomic mass is 10.0. The fourth-order valence-corrected chi connectivity index (χ4v) is 2.91. The van der Waals surface area contributed by atoms with Crippen LogP contribution in [0.25, 0.3) is 6.08 Å². The maximum absolute atomic E-state index is 12.6. The van der Waals surface area contributed by atoms with Gasteiger partial charge in [-0.05, 0) is 47.4 Å². The molecule has 3 aromatic rings. The van der Waals surface area contributed by atoms with Crippen LogP contribution in [-0.4, -0.2) is 11.8 Å². The van der Waals surface area contributed by atoms with Crippen molar-refractivity contribution in [2.24, 2.45) is 0 Å². The van der Waals surface area contributed by atoms with Gasteiger partial charge in [0.05, 0.1) is 11.8 Å². The SMILES string of the molecule is CC(C)c1ccc(/C=C2\Oc3cc(OC(=O)c4ccco4)ccc3C2=O)cc1. The monoisotopic (exact) mass is 374 g/mol. The van der Waals surface area contributed by atoms with Gasteiger partial charge in [0, 0.05) is 6.07 Å². The smallest absolute Gasteiger partial charge is 0.379 e. The number of benzene rings is 2. The van der Waals surface area contributed by atoms with Crippen LogP contribution in [0.2, 0.25) is 0 Å². The number of hydrogen-bond donors (Lipinski definition) is 0. The number of fused-ring (bicyclic) bond motifs is 1. The van der Waals surface area contributed by atoms with E-state index in [4.69, 9.17) is 13.9 Å². The molecule has 0 saturated carbocycles. The summed E-state index contributed by atoms with van der Waals surface area (Å²) in [6, 6.07) is 15.8. The van der Waals surface area contributed by atoms with Crippen molar-refractivity contribution in [1.82, 2.24) is 0 Å². The van der Waals surface area contributed by atoms with E-state index in [1.807, 2.05) is 24.3 Å². The van der Waals surface area contributed by atoms with E-state index in [1.54, 1.807) is 24.3 Å². The summed E-state index contributed by atoms with van der Waals surface area (Å²) in [5, 5.41) is 0. The largest absolute Gasteiger partial charge is 0.457 e. The first-order valence-electron chi connectivity index (χ1n) is 8.95. The predicted molar refractivity (Wildman–Crippen MR) is 104 cm³/mol. The predicted octanol–water partition coefficient (Wildman–Crippen LogP) is 5.24. The highest BCUT2D eigenvalue weighted by atomic mass is 16.5. The van der Waals surface area contributed by atoms with Gasteiger partial charge in [-0.1, -0.05) is 38.1 Å². The van der Waals surface area contributed by atoms with Gasteiger partial charge in [0.2, 0.25) is 11.5 Å². The van der Waals surface area contributed by atoms with E-state index in [2.05, 4.69) is 13.8 Å². The Hall–Kier alpha value is -3.60. The van der Waals surface area contributed by atoms with Crippen LogP contribution in [-0.2, 0) is 0 Å². The fraction of sp³-hybridized carbons (Fsp3) is 0.130. The molecule has 2 heterocycles. The fourth-order valence-electron chi connectivity index (χ4n) is 2.91. The van der Waals surface area contributed by atoms with Crippen molar-refractivity contribution in [1.29, 1.82) is 0 Å². The quantitative estimate of drug-likeness (QED) is 0.355. The van der Waals surface area contributed by atoms with Crippen molar-refractivity contribution in [2.45, 2.75) is 19.8 Å². The maximum atomic E-state index is 12.6. The Kier molecular flexibility index (Phi) is 4.57. The van der Waals surface area contributed by atoms with E-state index >= 15 is 0 Å². The number of allylic oxidation sites excluding steroid dienone is 1. The lowest BCUT2D eigenvalue weighted by molar-refractivity contribution is 0.0701.